The van der Waals surface area contributed by atoms with E-state index in [1.165, 1.54) is 32.1 Å². The Hall–Kier alpha value is 0. The van der Waals surface area contributed by atoms with Crippen LogP contribution in [-0.4, -0.2) is 0 Å². The number of hydrogen-bond acceptors (Lipinski definition) is 0. The fraction of sp³-hybridized carbons (Fsp3) is 1.00. The summed E-state index contributed by atoms with van der Waals surface area (Å²) < 4.78 is 0. The molecular formula is C10H20. The van der Waals surface area contributed by atoms with Crippen molar-refractivity contribution in [3.8, 4) is 0 Å². The summed E-state index contributed by atoms with van der Waals surface area (Å²) in [6.45, 7) is 7.15. The zero-order valence-corrected chi connectivity index (χ0v) is 7.61. The fourth-order valence-electron chi connectivity index (χ4n) is 2.20. The van der Waals surface area contributed by atoms with Crippen molar-refractivity contribution >= 4 is 0 Å². The molecule has 0 heteroatoms. The van der Waals surface area contributed by atoms with Gasteiger partial charge in [0.05, 0.1) is 0 Å². The molecule has 0 radical (unpaired) electrons. The summed E-state index contributed by atoms with van der Waals surface area (Å²) in [4.78, 5) is 0. The van der Waals surface area contributed by atoms with Crippen LogP contribution in [0.4, 0.5) is 0 Å². The van der Waals surface area contributed by atoms with Gasteiger partial charge in [-0.15, -0.1) is 0 Å². The molecule has 10 heavy (non-hydrogen) atoms. The summed E-state index contributed by atoms with van der Waals surface area (Å²) in [5.74, 6) is 1.03. The van der Waals surface area contributed by atoms with Gasteiger partial charge in [0.25, 0.3) is 0 Å². The third-order valence-corrected chi connectivity index (χ3v) is 2.88. The Kier molecular flexibility index (Phi) is 2.38. The third kappa shape index (κ3) is 2.00. The Morgan fingerprint density at radius 3 is 2.50 bits per heavy atom. The average molecular weight is 140 g/mol. The summed E-state index contributed by atoms with van der Waals surface area (Å²) in [6.07, 6.45) is 7.25. The lowest BCUT2D eigenvalue weighted by atomic mass is 9.71. The summed E-state index contributed by atoms with van der Waals surface area (Å²) in [5.41, 5.74) is 0.652. The minimum absolute atomic E-state index is 0.652. The predicted molar refractivity (Wildman–Crippen MR) is 46.0 cm³/mol. The second-order valence-electron chi connectivity index (χ2n) is 4.53. The molecule has 0 unspecified atom stereocenters. The number of hydrogen-bond donors (Lipinski definition) is 0. The molecule has 1 saturated carbocycles. The van der Waals surface area contributed by atoms with Crippen molar-refractivity contribution in [2.24, 2.45) is 11.3 Å². The van der Waals surface area contributed by atoms with Gasteiger partial charge < -0.3 is 0 Å². The van der Waals surface area contributed by atoms with E-state index in [9.17, 15) is 0 Å². The van der Waals surface area contributed by atoms with Crippen LogP contribution in [0.25, 0.3) is 0 Å². The van der Waals surface area contributed by atoms with Crippen molar-refractivity contribution in [2.45, 2.75) is 52.9 Å². The second-order valence-corrected chi connectivity index (χ2v) is 4.53. The van der Waals surface area contributed by atoms with Crippen LogP contribution in [0.3, 0.4) is 0 Å². The van der Waals surface area contributed by atoms with Gasteiger partial charge in [0, 0.05) is 0 Å². The summed E-state index contributed by atoms with van der Waals surface area (Å²) >= 11 is 0. The Morgan fingerprint density at radius 1 is 1.40 bits per heavy atom. The fourth-order valence-corrected chi connectivity index (χ4v) is 2.20. The van der Waals surface area contributed by atoms with Crippen molar-refractivity contribution in [2.75, 3.05) is 0 Å². The van der Waals surface area contributed by atoms with Crippen molar-refractivity contribution < 1.29 is 0 Å². The topological polar surface area (TPSA) is 0 Å². The van der Waals surface area contributed by atoms with Crippen LogP contribution in [-0.2, 0) is 0 Å². The van der Waals surface area contributed by atoms with E-state index in [1.54, 1.807) is 0 Å². The lowest BCUT2D eigenvalue weighted by Gasteiger charge is -2.34. The highest BCUT2D eigenvalue weighted by Gasteiger charge is 2.26. The van der Waals surface area contributed by atoms with Crippen LogP contribution in [0.2, 0.25) is 0 Å². The molecule has 0 nitrogen and oxygen atoms in total. The Balaban J connectivity index is 2.40. The first kappa shape index (κ1) is 8.10. The minimum Gasteiger partial charge on any atom is -0.0651 e. The number of rotatable bonds is 1. The Bertz CT molecular complexity index is 103. The molecule has 1 aliphatic rings. The highest BCUT2D eigenvalue weighted by molar-refractivity contribution is 4.78. The molecule has 0 aliphatic heterocycles. The standard InChI is InChI=1S/C10H20/c1-4-9-6-5-7-10(2,3)8-9/h9H,4-8H2,1-3H3/t9-/m1/s1. The molecule has 0 spiro atoms. The second kappa shape index (κ2) is 2.94. The van der Waals surface area contributed by atoms with E-state index in [2.05, 4.69) is 20.8 Å². The maximum absolute atomic E-state index is 2.41. The van der Waals surface area contributed by atoms with Crippen molar-refractivity contribution in [3.05, 3.63) is 0 Å². The van der Waals surface area contributed by atoms with Crippen LogP contribution in [0.5, 0.6) is 0 Å². The van der Waals surface area contributed by atoms with Crippen LogP contribution in [0.15, 0.2) is 0 Å². The highest BCUT2D eigenvalue weighted by Crippen LogP contribution is 2.39. The lowest BCUT2D eigenvalue weighted by molar-refractivity contribution is 0.177. The molecule has 0 aromatic rings. The SMILES string of the molecule is CC[C@@H]1CCCC(C)(C)C1. The molecular weight excluding hydrogens is 120 g/mol. The predicted octanol–water partition coefficient (Wildman–Crippen LogP) is 3.61. The van der Waals surface area contributed by atoms with E-state index >= 15 is 0 Å². The molecule has 0 N–H and O–H groups in total. The van der Waals surface area contributed by atoms with Gasteiger partial charge in [-0.05, 0) is 24.2 Å². The quantitative estimate of drug-likeness (QED) is 0.522. The maximum Gasteiger partial charge on any atom is -0.0352 e. The first-order valence-corrected chi connectivity index (χ1v) is 4.64. The monoisotopic (exact) mass is 140 g/mol. The van der Waals surface area contributed by atoms with E-state index in [-0.39, 0.29) is 0 Å². The van der Waals surface area contributed by atoms with Crippen molar-refractivity contribution in [1.29, 1.82) is 0 Å². The third-order valence-electron chi connectivity index (χ3n) is 2.88. The summed E-state index contributed by atoms with van der Waals surface area (Å²) in [7, 11) is 0. The first-order chi connectivity index (χ1) is 4.64. The molecule has 1 rings (SSSR count). The van der Waals surface area contributed by atoms with Crippen LogP contribution >= 0.6 is 0 Å². The maximum atomic E-state index is 2.41. The molecule has 0 aromatic carbocycles. The van der Waals surface area contributed by atoms with Gasteiger partial charge in [-0.2, -0.15) is 0 Å². The molecule has 1 fully saturated rings. The van der Waals surface area contributed by atoms with Crippen molar-refractivity contribution in [1.82, 2.24) is 0 Å². The molecule has 0 bridgehead atoms. The van der Waals surface area contributed by atoms with E-state index < -0.39 is 0 Å². The largest absolute Gasteiger partial charge is 0.0651 e. The van der Waals surface area contributed by atoms with Crippen LogP contribution < -0.4 is 0 Å². The van der Waals surface area contributed by atoms with Gasteiger partial charge in [0.1, 0.15) is 0 Å². The average Bonchev–Trinajstić information content (AvgIpc) is 1.86. The molecule has 60 valence electrons. The van der Waals surface area contributed by atoms with E-state index in [4.69, 9.17) is 0 Å². The van der Waals surface area contributed by atoms with E-state index in [0.717, 1.165) is 5.92 Å². The van der Waals surface area contributed by atoms with Gasteiger partial charge in [0.15, 0.2) is 0 Å². The van der Waals surface area contributed by atoms with Crippen LogP contribution in [0.1, 0.15) is 52.9 Å². The first-order valence-electron chi connectivity index (χ1n) is 4.64. The van der Waals surface area contributed by atoms with Crippen LogP contribution in [0, 0.1) is 11.3 Å². The highest BCUT2D eigenvalue weighted by atomic mass is 14.3. The van der Waals surface area contributed by atoms with Gasteiger partial charge in [-0.3, -0.25) is 0 Å². The molecule has 0 heterocycles. The lowest BCUT2D eigenvalue weighted by Crippen LogP contribution is -2.21. The Labute approximate surface area is 65.0 Å². The smallest absolute Gasteiger partial charge is 0.0352 e. The minimum atomic E-state index is 0.652. The van der Waals surface area contributed by atoms with Gasteiger partial charge in [0.2, 0.25) is 0 Å². The zero-order valence-electron chi connectivity index (χ0n) is 7.61. The van der Waals surface area contributed by atoms with Gasteiger partial charge in [-0.1, -0.05) is 40.0 Å². The summed E-state index contributed by atoms with van der Waals surface area (Å²) in [5, 5.41) is 0. The van der Waals surface area contributed by atoms with Crippen molar-refractivity contribution in [3.63, 3.8) is 0 Å². The molecule has 0 amide bonds. The molecule has 0 saturated heterocycles. The molecule has 1 atom stereocenters. The van der Waals surface area contributed by atoms with E-state index in [0.29, 0.717) is 5.41 Å². The summed E-state index contributed by atoms with van der Waals surface area (Å²) in [6, 6.07) is 0. The van der Waals surface area contributed by atoms with E-state index in [1.807, 2.05) is 0 Å². The normalized spacial score (nSPS) is 32.1. The van der Waals surface area contributed by atoms with Gasteiger partial charge in [-0.25, -0.2) is 0 Å². The molecule has 0 aromatic heterocycles. The zero-order chi connectivity index (χ0) is 7.61. The van der Waals surface area contributed by atoms with Gasteiger partial charge >= 0.3 is 0 Å². The molecule has 1 aliphatic carbocycles. The Morgan fingerprint density at radius 2 is 2.10 bits per heavy atom.